The summed E-state index contributed by atoms with van der Waals surface area (Å²) in [6.07, 6.45) is 26.5. The molecule has 0 saturated carbocycles. The number of amides is 1. The second-order valence-electron chi connectivity index (χ2n) is 24.3. The fraction of sp³-hybridized carbons (Fsp3) is 0.923. The topological polar surface area (TPSA) is 307 Å². The summed E-state index contributed by atoms with van der Waals surface area (Å²) < 4.78 is 34.2. The van der Waals surface area contributed by atoms with Gasteiger partial charge in [-0.25, -0.2) is 0 Å². The van der Waals surface area contributed by atoms with E-state index in [4.69, 9.17) is 28.4 Å². The molecule has 0 bridgehead atoms. The van der Waals surface area contributed by atoms with Crippen molar-refractivity contribution in [2.24, 2.45) is 0 Å². The van der Waals surface area contributed by atoms with Gasteiger partial charge < -0.3 is 89.9 Å². The van der Waals surface area contributed by atoms with Crippen LogP contribution in [0.25, 0.3) is 0 Å². The number of carbonyl (C=O) groups is 1. The molecule has 1 amide bonds. The smallest absolute Gasteiger partial charge is 0.220 e. The molecule has 3 saturated heterocycles. The predicted molar refractivity (Wildman–Crippen MR) is 323 cm³/mol. The van der Waals surface area contributed by atoms with Crippen molar-refractivity contribution in [3.8, 4) is 0 Å². The van der Waals surface area contributed by atoms with Crippen LogP contribution in [-0.2, 0) is 33.2 Å². The lowest BCUT2D eigenvalue weighted by Gasteiger charge is -2.48. The van der Waals surface area contributed by atoms with Gasteiger partial charge in [-0.05, 0) is 32.1 Å². The molecule has 3 aliphatic rings. The van der Waals surface area contributed by atoms with Crippen molar-refractivity contribution in [1.82, 2.24) is 5.32 Å². The highest BCUT2D eigenvalue weighted by atomic mass is 16.8. The number of nitrogens with one attached hydrogen (secondary N) is 1. The normalized spacial score (nSPS) is 29.3. The van der Waals surface area contributed by atoms with Crippen molar-refractivity contribution in [3.05, 3.63) is 24.3 Å². The van der Waals surface area contributed by atoms with Gasteiger partial charge in [0.1, 0.15) is 73.2 Å². The molecule has 3 heterocycles. The number of rotatable bonds is 51. The van der Waals surface area contributed by atoms with E-state index < -0.39 is 124 Å². The maximum Gasteiger partial charge on any atom is 0.220 e. The highest BCUT2D eigenvalue weighted by molar-refractivity contribution is 5.76. The number of aliphatic hydroxyl groups excluding tert-OH is 11. The van der Waals surface area contributed by atoms with Gasteiger partial charge in [-0.1, -0.05) is 237 Å². The maximum atomic E-state index is 13.3. The fourth-order valence-electron chi connectivity index (χ4n) is 11.5. The third-order valence-electron chi connectivity index (χ3n) is 17.0. The molecule has 0 aliphatic carbocycles. The van der Waals surface area contributed by atoms with Crippen LogP contribution in [0.2, 0.25) is 0 Å². The van der Waals surface area contributed by atoms with E-state index >= 15 is 0 Å². The summed E-state index contributed by atoms with van der Waals surface area (Å²) in [6, 6.07) is -0.984. The third kappa shape index (κ3) is 30.7. The number of carbonyl (C=O) groups excluding carboxylic acids is 1. The molecule has 17 atom stereocenters. The van der Waals surface area contributed by atoms with Crippen LogP contribution in [0.3, 0.4) is 0 Å². The van der Waals surface area contributed by atoms with Gasteiger partial charge in [0.25, 0.3) is 0 Å². The Labute approximate surface area is 505 Å². The number of allylic oxidation sites excluding steroid dienone is 3. The molecule has 0 aromatic heterocycles. The van der Waals surface area contributed by atoms with Gasteiger partial charge in [-0.3, -0.25) is 4.79 Å². The zero-order valence-corrected chi connectivity index (χ0v) is 51.9. The minimum atomic E-state index is -1.98. The molecule has 3 fully saturated rings. The van der Waals surface area contributed by atoms with E-state index in [9.17, 15) is 61.0 Å². The molecule has 17 unspecified atom stereocenters. The third-order valence-corrected chi connectivity index (χ3v) is 17.0. The number of unbranched alkanes of at least 4 members (excludes halogenated alkanes) is 33. The molecule has 19 heteroatoms. The van der Waals surface area contributed by atoms with Crippen LogP contribution in [-0.4, -0.2) is 193 Å². The molecule has 12 N–H and O–H groups in total. The number of ether oxygens (including phenoxy) is 6. The number of hydrogen-bond acceptors (Lipinski definition) is 18. The number of aliphatic hydroxyl groups is 11. The van der Waals surface area contributed by atoms with Crippen molar-refractivity contribution in [2.45, 2.75) is 356 Å². The molecule has 19 nitrogen and oxygen atoms in total. The summed E-state index contributed by atoms with van der Waals surface area (Å²) in [6.45, 7) is 1.66. The second kappa shape index (κ2) is 48.2. The monoisotopic (exact) mass is 1200 g/mol. The van der Waals surface area contributed by atoms with E-state index in [1.807, 2.05) is 6.08 Å². The summed E-state index contributed by atoms with van der Waals surface area (Å²) in [7, 11) is 0. The summed E-state index contributed by atoms with van der Waals surface area (Å²) in [5.74, 6) is -0.284. The zero-order valence-electron chi connectivity index (χ0n) is 51.9. The average molecular weight is 1200 g/mol. The van der Waals surface area contributed by atoms with E-state index in [1.54, 1.807) is 6.08 Å². The van der Waals surface area contributed by atoms with Crippen LogP contribution < -0.4 is 5.32 Å². The van der Waals surface area contributed by atoms with Gasteiger partial charge in [-0.2, -0.15) is 0 Å². The van der Waals surface area contributed by atoms with Gasteiger partial charge >= 0.3 is 0 Å². The lowest BCUT2D eigenvalue weighted by atomic mass is 9.96. The van der Waals surface area contributed by atoms with Crippen molar-refractivity contribution in [3.63, 3.8) is 0 Å². The lowest BCUT2D eigenvalue weighted by Crippen LogP contribution is -2.66. The highest BCUT2D eigenvalue weighted by Crippen LogP contribution is 2.33. The molecule has 0 aromatic rings. The summed E-state index contributed by atoms with van der Waals surface area (Å²) >= 11 is 0. The molecular formula is C65H121NO18. The molecule has 84 heavy (non-hydrogen) atoms. The quantitative estimate of drug-likeness (QED) is 0.0204. The van der Waals surface area contributed by atoms with Gasteiger partial charge in [0, 0.05) is 6.42 Å². The van der Waals surface area contributed by atoms with Gasteiger partial charge in [0.05, 0.1) is 38.6 Å². The summed E-state index contributed by atoms with van der Waals surface area (Å²) in [5, 5.41) is 120. The SMILES string of the molecule is CCCCC/C=C/CC/C=C/C(O)C(COC1OC(CO)C(OC2OC(CO)C(OC3OC(CO)C(O)C(O)C3O)C(O)C2O)C(O)C1O)NC(=O)CCCCCCCCCCCCCCCCCCCCCCCCCCCCCCCC. The minimum absolute atomic E-state index is 0.240. The Bertz CT molecular complexity index is 1630. The first-order valence-corrected chi connectivity index (χ1v) is 33.6. The Morgan fingerprint density at radius 3 is 1.19 bits per heavy atom. The Morgan fingerprint density at radius 1 is 0.417 bits per heavy atom. The van der Waals surface area contributed by atoms with E-state index in [0.29, 0.717) is 12.8 Å². The predicted octanol–water partition coefficient (Wildman–Crippen LogP) is 7.88. The molecule has 3 aliphatic heterocycles. The van der Waals surface area contributed by atoms with Crippen LogP contribution in [0.15, 0.2) is 24.3 Å². The van der Waals surface area contributed by atoms with Gasteiger partial charge in [-0.15, -0.1) is 0 Å². The number of hydrogen-bond donors (Lipinski definition) is 12. The zero-order chi connectivity index (χ0) is 61.2. The molecule has 0 spiro atoms. The molecule has 0 aromatic carbocycles. The van der Waals surface area contributed by atoms with Crippen molar-refractivity contribution >= 4 is 5.91 Å². The largest absolute Gasteiger partial charge is 0.394 e. The minimum Gasteiger partial charge on any atom is -0.394 e. The lowest BCUT2D eigenvalue weighted by molar-refractivity contribution is -0.379. The van der Waals surface area contributed by atoms with E-state index in [0.717, 1.165) is 44.9 Å². The first-order chi connectivity index (χ1) is 40.8. The average Bonchev–Trinajstić information content (AvgIpc) is 3.69. The molecule has 494 valence electrons. The maximum absolute atomic E-state index is 13.3. The first-order valence-electron chi connectivity index (χ1n) is 33.6. The Hall–Kier alpha value is -1.73. The fourth-order valence-corrected chi connectivity index (χ4v) is 11.5. The first kappa shape index (κ1) is 76.5. The van der Waals surface area contributed by atoms with Crippen LogP contribution >= 0.6 is 0 Å². The standard InChI is InChI=1S/C65H121NO18/c1-3-5-7-9-11-13-14-15-16-17-18-19-20-21-22-23-24-25-26-27-28-29-30-31-32-33-35-37-39-41-43-53(71)66-48(49(70)42-40-38-36-34-12-10-8-6-4-2)47-79-63-59(77)56(74)61(51(45-68)81-63)84-65-60(78)57(75)62(52(46-69)82-65)83-64-58(76)55(73)54(72)50(44-67)80-64/h12,34,40,42,48-52,54-65,67-70,72-78H,3-11,13-33,35-39,41,43-47H2,1-2H3,(H,66,71)/b34-12+,42-40+. The highest BCUT2D eigenvalue weighted by Gasteiger charge is 2.53. The Morgan fingerprint density at radius 2 is 0.762 bits per heavy atom. The molecule has 0 radical (unpaired) electrons. The van der Waals surface area contributed by atoms with Gasteiger partial charge in [0.2, 0.25) is 5.91 Å². The molecular weight excluding hydrogens is 1080 g/mol. The summed E-state index contributed by atoms with van der Waals surface area (Å²) in [4.78, 5) is 13.3. The molecule has 3 rings (SSSR count). The van der Waals surface area contributed by atoms with Crippen LogP contribution in [0.4, 0.5) is 0 Å². The van der Waals surface area contributed by atoms with Crippen molar-refractivity contribution in [2.75, 3.05) is 26.4 Å². The van der Waals surface area contributed by atoms with Crippen molar-refractivity contribution < 1.29 is 89.4 Å². The van der Waals surface area contributed by atoms with Crippen LogP contribution in [0.5, 0.6) is 0 Å². The summed E-state index contributed by atoms with van der Waals surface area (Å²) in [5.41, 5.74) is 0. The van der Waals surface area contributed by atoms with E-state index in [2.05, 4.69) is 31.3 Å². The van der Waals surface area contributed by atoms with Gasteiger partial charge in [0.15, 0.2) is 18.9 Å². The van der Waals surface area contributed by atoms with Crippen LogP contribution in [0.1, 0.15) is 251 Å². The van der Waals surface area contributed by atoms with Crippen molar-refractivity contribution in [1.29, 1.82) is 0 Å². The Balaban J connectivity index is 1.34. The van der Waals surface area contributed by atoms with E-state index in [-0.39, 0.29) is 18.9 Å². The van der Waals surface area contributed by atoms with E-state index in [1.165, 1.54) is 173 Å². The Kier molecular flexibility index (Phi) is 43.9. The van der Waals surface area contributed by atoms with Crippen LogP contribution in [0, 0.1) is 0 Å². The second-order valence-corrected chi connectivity index (χ2v) is 24.3.